The normalized spacial score (nSPS) is 10.6. The summed E-state index contributed by atoms with van der Waals surface area (Å²) in [6, 6.07) is 13.5. The molecule has 2 rings (SSSR count). The molecule has 0 aliphatic heterocycles. The van der Waals surface area contributed by atoms with Gasteiger partial charge in [0.05, 0.1) is 6.61 Å². The maximum absolute atomic E-state index is 12.2. The van der Waals surface area contributed by atoms with Crippen LogP contribution in [0.3, 0.4) is 0 Å². The van der Waals surface area contributed by atoms with Crippen LogP contribution in [0.2, 0.25) is 0 Å². The number of pyridine rings is 1. The fraction of sp³-hybridized carbons (Fsp3) is 0.625. The molecular weight excluding hydrogens is 587 g/mol. The molecule has 6 heteroatoms. The molecule has 0 saturated heterocycles. The van der Waals surface area contributed by atoms with Gasteiger partial charge < -0.3 is 38.8 Å². The molecule has 0 aliphatic rings. The minimum atomic E-state index is -0.135. The molecule has 0 saturated carbocycles. The molecule has 0 spiro atoms. The Labute approximate surface area is 249 Å². The van der Waals surface area contributed by atoms with Crippen LogP contribution in [-0.2, 0) is 17.9 Å². The molecule has 1 N–H and O–H groups in total. The minimum absolute atomic E-state index is 0. The summed E-state index contributed by atoms with van der Waals surface area (Å²) < 4.78 is 13.6. The molecule has 1 aromatic carbocycles. The van der Waals surface area contributed by atoms with Crippen molar-refractivity contribution in [3.05, 3.63) is 54.4 Å². The Morgan fingerprint density at radius 3 is 1.79 bits per heavy atom. The lowest BCUT2D eigenvalue weighted by Crippen LogP contribution is -3.00. The van der Waals surface area contributed by atoms with Crippen molar-refractivity contribution in [2.45, 2.75) is 117 Å². The first kappa shape index (κ1) is 34.2. The molecule has 1 heterocycles. The summed E-state index contributed by atoms with van der Waals surface area (Å²) in [6.45, 7) is 6.47. The van der Waals surface area contributed by atoms with E-state index in [1.54, 1.807) is 0 Å². The number of ether oxygens (including phenoxy) is 2. The predicted molar refractivity (Wildman–Crippen MR) is 152 cm³/mol. The van der Waals surface area contributed by atoms with Gasteiger partial charge in [0.25, 0.3) is 5.91 Å². The highest BCUT2D eigenvalue weighted by atomic mass is 127. The number of carbonyl (C=O) groups excluding carboxylic acids is 1. The van der Waals surface area contributed by atoms with Crippen LogP contribution in [0, 0.1) is 0 Å². The second-order valence-electron chi connectivity index (χ2n) is 9.96. The Morgan fingerprint density at radius 2 is 1.24 bits per heavy atom. The number of rotatable bonds is 22. The van der Waals surface area contributed by atoms with E-state index in [4.69, 9.17) is 9.47 Å². The van der Waals surface area contributed by atoms with Gasteiger partial charge in [-0.2, -0.15) is 0 Å². The first-order valence-electron chi connectivity index (χ1n) is 14.8. The lowest BCUT2D eigenvalue weighted by atomic mass is 10.0. The second-order valence-corrected chi connectivity index (χ2v) is 9.96. The third-order valence-corrected chi connectivity index (χ3v) is 6.80. The molecule has 0 aliphatic carbocycles. The zero-order valence-corrected chi connectivity index (χ0v) is 26.1. The Bertz CT molecular complexity index is 845. The Hall–Kier alpha value is -1.83. The third-order valence-electron chi connectivity index (χ3n) is 6.80. The topological polar surface area (TPSA) is 51.4 Å². The molecule has 0 bridgehead atoms. The number of carbonyl (C=O) groups is 1. The molecule has 0 fully saturated rings. The summed E-state index contributed by atoms with van der Waals surface area (Å²) in [6.07, 6.45) is 21.1. The number of hydrogen-bond donors (Lipinski definition) is 1. The zero-order chi connectivity index (χ0) is 26.4. The van der Waals surface area contributed by atoms with Gasteiger partial charge in [0.15, 0.2) is 12.8 Å². The van der Waals surface area contributed by atoms with Crippen molar-refractivity contribution in [1.82, 2.24) is 5.32 Å². The van der Waals surface area contributed by atoms with Gasteiger partial charge in [0.1, 0.15) is 24.6 Å². The monoisotopic (exact) mass is 638 g/mol. The van der Waals surface area contributed by atoms with E-state index in [1.165, 1.54) is 83.5 Å². The minimum Gasteiger partial charge on any atom is -1.00 e. The first-order chi connectivity index (χ1) is 18.2. The molecular formula is C32H51IN2O3. The third kappa shape index (κ3) is 16.2. The maximum atomic E-state index is 12.2. The van der Waals surface area contributed by atoms with Gasteiger partial charge in [-0.15, -0.1) is 0 Å². The van der Waals surface area contributed by atoms with Crippen LogP contribution >= 0.6 is 0 Å². The highest BCUT2D eigenvalue weighted by Gasteiger charge is 2.10. The molecule has 0 atom stereocenters. The number of nitrogens with zero attached hydrogens (tertiary/aromatic N) is 1. The van der Waals surface area contributed by atoms with E-state index in [-0.39, 0.29) is 36.5 Å². The maximum Gasteiger partial charge on any atom is 0.258 e. The van der Waals surface area contributed by atoms with E-state index in [2.05, 4.69) is 23.7 Å². The number of hydrogen-bond acceptors (Lipinski definition) is 3. The number of unbranched alkanes of at least 4 members (excludes halogenated alkanes) is 13. The van der Waals surface area contributed by atoms with Crippen molar-refractivity contribution in [2.75, 3.05) is 13.2 Å². The standard InChI is InChI=1S/C32H50N2O3.HI/c1-3-5-6-7-8-9-10-11-12-13-14-15-16-19-26-36-30-21-23-31(24-22-30)37-28-32(35)33-27-29-20-17-18-25-34(29)4-2;/h17-18,20-25H,3-16,19,26-28H2,1-2H3;1H. The van der Waals surface area contributed by atoms with E-state index in [0.717, 1.165) is 31.0 Å². The van der Waals surface area contributed by atoms with Gasteiger partial charge in [-0.25, -0.2) is 4.57 Å². The second kappa shape index (κ2) is 23.1. The number of halogens is 1. The lowest BCUT2D eigenvalue weighted by molar-refractivity contribution is -0.701. The van der Waals surface area contributed by atoms with Crippen molar-refractivity contribution in [1.29, 1.82) is 0 Å². The van der Waals surface area contributed by atoms with E-state index in [9.17, 15) is 4.79 Å². The molecule has 1 amide bonds. The molecule has 2 aromatic rings. The summed E-state index contributed by atoms with van der Waals surface area (Å²) in [4.78, 5) is 12.2. The number of aromatic nitrogens is 1. The Kier molecular flexibility index (Phi) is 20.8. The van der Waals surface area contributed by atoms with Gasteiger partial charge in [-0.05, 0) is 37.6 Å². The fourth-order valence-corrected chi connectivity index (χ4v) is 4.49. The van der Waals surface area contributed by atoms with Crippen molar-refractivity contribution in [3.63, 3.8) is 0 Å². The van der Waals surface area contributed by atoms with Crippen LogP contribution in [0.5, 0.6) is 11.5 Å². The highest BCUT2D eigenvalue weighted by Crippen LogP contribution is 2.18. The molecule has 38 heavy (non-hydrogen) atoms. The van der Waals surface area contributed by atoms with Crippen LogP contribution in [0.15, 0.2) is 48.7 Å². The number of aryl methyl sites for hydroxylation is 1. The number of nitrogens with one attached hydrogen (secondary N) is 1. The molecule has 214 valence electrons. The summed E-state index contributed by atoms with van der Waals surface area (Å²) in [5.41, 5.74) is 1.07. The Morgan fingerprint density at radius 1 is 0.711 bits per heavy atom. The first-order valence-corrected chi connectivity index (χ1v) is 14.8. The van der Waals surface area contributed by atoms with Gasteiger partial charge in [-0.3, -0.25) is 4.79 Å². The van der Waals surface area contributed by atoms with Crippen molar-refractivity contribution in [2.24, 2.45) is 0 Å². The average Bonchev–Trinajstić information content (AvgIpc) is 2.93. The van der Waals surface area contributed by atoms with Gasteiger partial charge in [0, 0.05) is 12.1 Å². The van der Waals surface area contributed by atoms with E-state index in [0.29, 0.717) is 12.3 Å². The van der Waals surface area contributed by atoms with Crippen molar-refractivity contribution >= 4 is 5.91 Å². The SMILES string of the molecule is CCCCCCCCCCCCCCCCOc1ccc(OCC(=O)NCc2cccc[n+]2CC)cc1.[I-]. The summed E-state index contributed by atoms with van der Waals surface area (Å²) >= 11 is 0. The fourth-order valence-electron chi connectivity index (χ4n) is 4.49. The quantitative estimate of drug-likeness (QED) is 0.117. The largest absolute Gasteiger partial charge is 1.00 e. The molecule has 5 nitrogen and oxygen atoms in total. The number of amides is 1. The smallest absolute Gasteiger partial charge is 0.258 e. The van der Waals surface area contributed by atoms with Crippen LogP contribution in [-0.4, -0.2) is 19.1 Å². The number of benzene rings is 1. The summed E-state index contributed by atoms with van der Waals surface area (Å²) in [5, 5.41) is 2.92. The van der Waals surface area contributed by atoms with Crippen LogP contribution in [0.25, 0.3) is 0 Å². The van der Waals surface area contributed by atoms with E-state index >= 15 is 0 Å². The molecule has 0 unspecified atom stereocenters. The van der Waals surface area contributed by atoms with Gasteiger partial charge >= 0.3 is 0 Å². The molecule has 0 radical (unpaired) electrons. The van der Waals surface area contributed by atoms with Crippen molar-refractivity contribution in [3.8, 4) is 11.5 Å². The lowest BCUT2D eigenvalue weighted by Gasteiger charge is -2.09. The van der Waals surface area contributed by atoms with Crippen LogP contribution in [0.4, 0.5) is 0 Å². The van der Waals surface area contributed by atoms with E-state index < -0.39 is 0 Å². The van der Waals surface area contributed by atoms with Gasteiger partial charge in [0.2, 0.25) is 5.69 Å². The highest BCUT2D eigenvalue weighted by molar-refractivity contribution is 5.77. The van der Waals surface area contributed by atoms with Crippen molar-refractivity contribution < 1.29 is 42.8 Å². The Balaban J connectivity index is 0.00000722. The summed E-state index contributed by atoms with van der Waals surface area (Å²) in [5.74, 6) is 1.38. The summed E-state index contributed by atoms with van der Waals surface area (Å²) in [7, 11) is 0. The molecule has 1 aromatic heterocycles. The van der Waals surface area contributed by atoms with Crippen LogP contribution < -0.4 is 43.3 Å². The predicted octanol–water partition coefficient (Wildman–Crippen LogP) is 4.55. The zero-order valence-electron chi connectivity index (χ0n) is 23.9. The van der Waals surface area contributed by atoms with Gasteiger partial charge in [-0.1, -0.05) is 96.5 Å². The van der Waals surface area contributed by atoms with Crippen LogP contribution in [0.1, 0.15) is 109 Å². The van der Waals surface area contributed by atoms with E-state index in [1.807, 2.05) is 48.7 Å². The average molecular weight is 639 g/mol.